The lowest BCUT2D eigenvalue weighted by Crippen LogP contribution is -2.13. The molecule has 0 aliphatic heterocycles. The second-order valence-electron chi connectivity index (χ2n) is 5.37. The van der Waals surface area contributed by atoms with Crippen molar-refractivity contribution in [2.24, 2.45) is 0 Å². The first-order valence-electron chi connectivity index (χ1n) is 7.62. The number of sulfonamides is 1. The molecule has 0 spiro atoms. The number of benzene rings is 2. The summed E-state index contributed by atoms with van der Waals surface area (Å²) in [5.74, 6) is 0. The highest BCUT2D eigenvalue weighted by molar-refractivity contribution is 7.92. The van der Waals surface area contributed by atoms with Crippen LogP contribution in [0.3, 0.4) is 0 Å². The third-order valence-corrected chi connectivity index (χ3v) is 5.83. The van der Waals surface area contributed by atoms with Crippen molar-refractivity contribution in [3.8, 4) is 0 Å². The van der Waals surface area contributed by atoms with E-state index in [0.29, 0.717) is 5.69 Å². The highest BCUT2D eigenvalue weighted by atomic mass is 35.5. The molecular formula is C19H14Cl2N2O2S. The largest absolute Gasteiger partial charge is 0.280 e. The molecule has 0 amide bonds. The lowest BCUT2D eigenvalue weighted by atomic mass is 10.2. The third-order valence-electron chi connectivity index (χ3n) is 3.48. The Bertz CT molecular complexity index is 1050. The molecule has 0 fully saturated rings. The standard InChI is InChI=1S/C19H14Cl2N2O2S/c20-17-8-4-9-18(19(17)21)26(24,25)23-16-7-3-5-14(13-16)10-11-15-6-1-2-12-22-15/h1-13,23H/b11-10+. The minimum absolute atomic E-state index is 0.00660. The van der Waals surface area contributed by atoms with Gasteiger partial charge in [0, 0.05) is 11.9 Å². The molecule has 0 aliphatic carbocycles. The lowest BCUT2D eigenvalue weighted by Gasteiger charge is -2.10. The normalized spacial score (nSPS) is 11.6. The maximum atomic E-state index is 12.6. The number of hydrogen-bond donors (Lipinski definition) is 1. The smallest absolute Gasteiger partial charge is 0.263 e. The van der Waals surface area contributed by atoms with E-state index in [1.54, 1.807) is 24.4 Å². The van der Waals surface area contributed by atoms with Gasteiger partial charge in [-0.1, -0.05) is 53.5 Å². The zero-order chi connectivity index (χ0) is 18.6. The van der Waals surface area contributed by atoms with Gasteiger partial charge < -0.3 is 0 Å². The molecule has 7 heteroatoms. The zero-order valence-corrected chi connectivity index (χ0v) is 15.8. The van der Waals surface area contributed by atoms with Crippen LogP contribution in [0.25, 0.3) is 12.2 Å². The summed E-state index contributed by atoms with van der Waals surface area (Å²) in [6, 6.07) is 17.1. The number of halogens is 2. The predicted octanol–water partition coefficient (Wildman–Crippen LogP) is 5.36. The second kappa shape index (κ2) is 7.91. The van der Waals surface area contributed by atoms with Crippen LogP contribution in [0.5, 0.6) is 0 Å². The van der Waals surface area contributed by atoms with Gasteiger partial charge >= 0.3 is 0 Å². The van der Waals surface area contributed by atoms with Crippen molar-refractivity contribution in [2.45, 2.75) is 4.90 Å². The molecule has 26 heavy (non-hydrogen) atoms. The first-order valence-corrected chi connectivity index (χ1v) is 9.86. The van der Waals surface area contributed by atoms with Crippen molar-refractivity contribution in [3.05, 3.63) is 88.2 Å². The van der Waals surface area contributed by atoms with Crippen LogP contribution >= 0.6 is 23.2 Å². The predicted molar refractivity (Wildman–Crippen MR) is 107 cm³/mol. The van der Waals surface area contributed by atoms with Gasteiger partial charge in [0.1, 0.15) is 4.90 Å². The number of hydrogen-bond acceptors (Lipinski definition) is 3. The van der Waals surface area contributed by atoms with Crippen molar-refractivity contribution >= 4 is 51.1 Å². The van der Waals surface area contributed by atoms with Gasteiger partial charge in [-0.25, -0.2) is 8.42 Å². The molecule has 0 saturated carbocycles. The monoisotopic (exact) mass is 404 g/mol. The highest BCUT2D eigenvalue weighted by Crippen LogP contribution is 2.30. The molecule has 4 nitrogen and oxygen atoms in total. The summed E-state index contributed by atoms with van der Waals surface area (Å²) in [5, 5.41) is 0.175. The van der Waals surface area contributed by atoms with Crippen molar-refractivity contribution in [2.75, 3.05) is 4.72 Å². The molecule has 3 aromatic rings. The van der Waals surface area contributed by atoms with Gasteiger partial charge in [-0.2, -0.15) is 0 Å². The van der Waals surface area contributed by atoms with Gasteiger partial charge in [0.2, 0.25) is 0 Å². The van der Waals surface area contributed by atoms with Gasteiger partial charge in [-0.05, 0) is 48.0 Å². The van der Waals surface area contributed by atoms with Crippen molar-refractivity contribution < 1.29 is 8.42 Å². The van der Waals surface area contributed by atoms with E-state index in [-0.39, 0.29) is 14.9 Å². The Morgan fingerprint density at radius 1 is 0.923 bits per heavy atom. The summed E-state index contributed by atoms with van der Waals surface area (Å²) < 4.78 is 27.7. The Hall–Kier alpha value is -2.34. The van der Waals surface area contributed by atoms with E-state index < -0.39 is 10.0 Å². The number of pyridine rings is 1. The fourth-order valence-electron chi connectivity index (χ4n) is 2.26. The van der Waals surface area contributed by atoms with E-state index in [9.17, 15) is 8.42 Å². The number of anilines is 1. The molecule has 0 bridgehead atoms. The SMILES string of the molecule is O=S(=O)(Nc1cccc(/C=C/c2ccccn2)c1)c1cccc(Cl)c1Cl. The third kappa shape index (κ3) is 4.43. The number of nitrogens with one attached hydrogen (secondary N) is 1. The van der Waals surface area contributed by atoms with E-state index >= 15 is 0 Å². The molecule has 1 heterocycles. The van der Waals surface area contributed by atoms with Crippen LogP contribution < -0.4 is 4.72 Å². The summed E-state index contributed by atoms with van der Waals surface area (Å²) in [5.41, 5.74) is 2.06. The van der Waals surface area contributed by atoms with Gasteiger partial charge in [0.05, 0.1) is 15.7 Å². The van der Waals surface area contributed by atoms with Gasteiger partial charge in [0.25, 0.3) is 10.0 Å². The minimum atomic E-state index is -3.85. The molecule has 2 aromatic carbocycles. The number of rotatable bonds is 5. The van der Waals surface area contributed by atoms with Crippen LogP contribution in [0.4, 0.5) is 5.69 Å². The average Bonchev–Trinajstić information content (AvgIpc) is 2.63. The lowest BCUT2D eigenvalue weighted by molar-refractivity contribution is 0.601. The van der Waals surface area contributed by atoms with Crippen LogP contribution in [-0.4, -0.2) is 13.4 Å². The van der Waals surface area contributed by atoms with Crippen LogP contribution in [0.2, 0.25) is 10.0 Å². The van der Waals surface area contributed by atoms with E-state index in [4.69, 9.17) is 23.2 Å². The summed E-state index contributed by atoms with van der Waals surface area (Å²) in [6.45, 7) is 0. The molecule has 0 atom stereocenters. The summed E-state index contributed by atoms with van der Waals surface area (Å²) in [4.78, 5) is 4.14. The van der Waals surface area contributed by atoms with Crippen molar-refractivity contribution in [3.63, 3.8) is 0 Å². The van der Waals surface area contributed by atoms with Gasteiger partial charge in [-0.3, -0.25) is 9.71 Å². The van der Waals surface area contributed by atoms with E-state index in [1.165, 1.54) is 18.2 Å². The van der Waals surface area contributed by atoms with Crippen LogP contribution in [0.1, 0.15) is 11.3 Å². The molecule has 0 saturated heterocycles. The fourth-order valence-corrected chi connectivity index (χ4v) is 4.08. The quantitative estimate of drug-likeness (QED) is 0.622. The molecule has 1 aromatic heterocycles. The Morgan fingerprint density at radius 2 is 1.73 bits per heavy atom. The van der Waals surface area contributed by atoms with Gasteiger partial charge in [0.15, 0.2) is 0 Å². The fraction of sp³-hybridized carbons (Fsp3) is 0. The zero-order valence-electron chi connectivity index (χ0n) is 13.4. The number of aromatic nitrogens is 1. The Morgan fingerprint density at radius 3 is 2.50 bits per heavy atom. The minimum Gasteiger partial charge on any atom is -0.280 e. The molecule has 0 aliphatic rings. The first kappa shape index (κ1) is 18.5. The van der Waals surface area contributed by atoms with Crippen LogP contribution in [0, 0.1) is 0 Å². The Balaban J connectivity index is 1.84. The maximum Gasteiger partial charge on any atom is 0.263 e. The topological polar surface area (TPSA) is 59.1 Å². The second-order valence-corrected chi connectivity index (χ2v) is 7.81. The van der Waals surface area contributed by atoms with E-state index in [1.807, 2.05) is 36.4 Å². The van der Waals surface area contributed by atoms with E-state index in [0.717, 1.165) is 11.3 Å². The average molecular weight is 405 g/mol. The molecule has 0 unspecified atom stereocenters. The van der Waals surface area contributed by atoms with Crippen LogP contribution in [0.15, 0.2) is 71.8 Å². The Kier molecular flexibility index (Phi) is 5.61. The van der Waals surface area contributed by atoms with Gasteiger partial charge in [-0.15, -0.1) is 0 Å². The van der Waals surface area contributed by atoms with Crippen molar-refractivity contribution in [1.82, 2.24) is 4.98 Å². The maximum absolute atomic E-state index is 12.6. The van der Waals surface area contributed by atoms with E-state index in [2.05, 4.69) is 9.71 Å². The summed E-state index contributed by atoms with van der Waals surface area (Å²) in [6.07, 6.45) is 5.41. The number of nitrogens with zero attached hydrogens (tertiary/aromatic N) is 1. The molecule has 3 rings (SSSR count). The molecule has 0 radical (unpaired) electrons. The van der Waals surface area contributed by atoms with Crippen LogP contribution in [-0.2, 0) is 10.0 Å². The molecule has 1 N–H and O–H groups in total. The molecular weight excluding hydrogens is 391 g/mol. The van der Waals surface area contributed by atoms with Crippen molar-refractivity contribution in [1.29, 1.82) is 0 Å². The first-order chi connectivity index (χ1) is 12.5. The summed E-state index contributed by atoms with van der Waals surface area (Å²) >= 11 is 11.9. The summed E-state index contributed by atoms with van der Waals surface area (Å²) in [7, 11) is -3.85. The Labute approximate surface area is 162 Å². The molecule has 132 valence electrons. The highest BCUT2D eigenvalue weighted by Gasteiger charge is 2.19.